The first-order chi connectivity index (χ1) is 19.1. The Labute approximate surface area is 271 Å². The number of unbranched alkanes of at least 4 members (excludes halogenated alkanes) is 1. The minimum absolute atomic E-state index is 0. The molecule has 2 heterocycles. The quantitative estimate of drug-likeness (QED) is 0.111. The number of halogens is 1. The van der Waals surface area contributed by atoms with E-state index in [9.17, 15) is 0 Å². The molecule has 0 bridgehead atoms. The third kappa shape index (κ3) is 7.60. The molecule has 1 atom stereocenters. The Kier molecular flexibility index (Phi) is 12.8. The number of thiol groups is 1. The van der Waals surface area contributed by atoms with Gasteiger partial charge in [-0.2, -0.15) is 12.6 Å². The van der Waals surface area contributed by atoms with Crippen molar-refractivity contribution in [3.63, 3.8) is 0 Å². The van der Waals surface area contributed by atoms with Gasteiger partial charge in [0.2, 0.25) is 0 Å². The van der Waals surface area contributed by atoms with Gasteiger partial charge in [0.1, 0.15) is 0 Å². The van der Waals surface area contributed by atoms with Crippen LogP contribution < -0.4 is 0 Å². The molecular formula is C36H39IS3. The Balaban J connectivity index is 0.00000144. The maximum absolute atomic E-state index is 3.69. The SMILES string of the molecule is CC=C=C1C(c2ccc(-c3ccc(C)cc3)s2)=CC=C(c2ccc(-c3ccc(C)cc3)s2)C1CCCC.CS.I. The third-order valence-corrected chi connectivity index (χ3v) is 9.37. The van der Waals surface area contributed by atoms with E-state index in [1.165, 1.54) is 71.3 Å². The molecule has 2 aromatic heterocycles. The molecule has 0 N–H and O–H groups in total. The highest BCUT2D eigenvalue weighted by atomic mass is 127. The van der Waals surface area contributed by atoms with Crippen molar-refractivity contribution in [2.75, 3.05) is 6.26 Å². The van der Waals surface area contributed by atoms with E-state index in [1.807, 2.05) is 22.7 Å². The van der Waals surface area contributed by atoms with Crippen molar-refractivity contribution >= 4 is 70.4 Å². The Morgan fingerprint density at radius 3 is 1.75 bits per heavy atom. The van der Waals surface area contributed by atoms with Gasteiger partial charge in [0.15, 0.2) is 0 Å². The Morgan fingerprint density at radius 1 is 0.725 bits per heavy atom. The number of benzene rings is 2. The molecule has 4 heteroatoms. The van der Waals surface area contributed by atoms with E-state index in [2.05, 4.69) is 137 Å². The summed E-state index contributed by atoms with van der Waals surface area (Å²) in [6.45, 7) is 8.66. The number of thiophene rings is 2. The number of hydrogen-bond acceptors (Lipinski definition) is 3. The molecule has 0 aliphatic heterocycles. The fourth-order valence-corrected chi connectivity index (χ4v) is 7.10. The molecule has 0 radical (unpaired) electrons. The summed E-state index contributed by atoms with van der Waals surface area (Å²) in [5.41, 5.74) is 12.9. The second kappa shape index (κ2) is 15.8. The molecule has 0 nitrogen and oxygen atoms in total. The lowest BCUT2D eigenvalue weighted by Crippen LogP contribution is -2.11. The second-order valence-electron chi connectivity index (χ2n) is 9.80. The molecule has 1 aliphatic carbocycles. The van der Waals surface area contributed by atoms with Crippen LogP contribution in [-0.2, 0) is 0 Å². The zero-order valence-corrected chi connectivity index (χ0v) is 28.9. The van der Waals surface area contributed by atoms with E-state index >= 15 is 0 Å². The molecule has 0 spiro atoms. The van der Waals surface area contributed by atoms with Crippen LogP contribution in [0.1, 0.15) is 54.0 Å². The van der Waals surface area contributed by atoms with E-state index in [-0.39, 0.29) is 24.0 Å². The van der Waals surface area contributed by atoms with Gasteiger partial charge in [-0.3, -0.25) is 0 Å². The molecule has 0 fully saturated rings. The van der Waals surface area contributed by atoms with Gasteiger partial charge in [-0.05, 0) is 80.5 Å². The summed E-state index contributed by atoms with van der Waals surface area (Å²) in [4.78, 5) is 5.34. The largest absolute Gasteiger partial charge is 0.183 e. The fourth-order valence-electron chi connectivity index (χ4n) is 4.95. The monoisotopic (exact) mass is 694 g/mol. The first-order valence-electron chi connectivity index (χ1n) is 13.7. The average Bonchev–Trinajstić information content (AvgIpc) is 3.65. The van der Waals surface area contributed by atoms with Crippen molar-refractivity contribution in [1.82, 2.24) is 0 Å². The van der Waals surface area contributed by atoms with Gasteiger partial charge in [-0.1, -0.05) is 91.6 Å². The first kappa shape index (κ1) is 32.4. The van der Waals surface area contributed by atoms with Crippen molar-refractivity contribution < 1.29 is 0 Å². The van der Waals surface area contributed by atoms with Crippen LogP contribution in [0.5, 0.6) is 0 Å². The molecule has 4 aromatic rings. The number of rotatable bonds is 7. The van der Waals surface area contributed by atoms with Gasteiger partial charge >= 0.3 is 0 Å². The zero-order valence-electron chi connectivity index (χ0n) is 24.0. The van der Waals surface area contributed by atoms with Gasteiger partial charge in [-0.25, -0.2) is 0 Å². The third-order valence-electron chi connectivity index (χ3n) is 7.02. The lowest BCUT2D eigenvalue weighted by atomic mass is 9.78. The van der Waals surface area contributed by atoms with Crippen LogP contribution in [0.4, 0.5) is 0 Å². The molecule has 0 saturated heterocycles. The van der Waals surface area contributed by atoms with Crippen LogP contribution in [0.25, 0.3) is 32.0 Å². The standard InChI is InChI=1S/C35H34S2.CH4S.HI/c1-5-7-9-29-28(8-6-2)30(34-22-20-32(36-34)26-14-10-24(3)11-15-26)18-19-31(29)35-23-21-33(37-35)27-16-12-25(4)13-17-27;1-2;/h6,10-23,29H,5,7,9H2,1-4H3;2H,1H3;1H. The van der Waals surface area contributed by atoms with Crippen molar-refractivity contribution in [3.8, 4) is 20.9 Å². The van der Waals surface area contributed by atoms with Crippen molar-refractivity contribution in [2.24, 2.45) is 5.92 Å². The summed E-state index contributed by atoms with van der Waals surface area (Å²) in [5.74, 6) is 0.352. The summed E-state index contributed by atoms with van der Waals surface area (Å²) in [6, 6.07) is 26.9. The summed E-state index contributed by atoms with van der Waals surface area (Å²) < 4.78 is 0. The molecule has 2 aromatic carbocycles. The van der Waals surface area contributed by atoms with Crippen LogP contribution in [0.3, 0.4) is 0 Å². The number of hydrogen-bond donors (Lipinski definition) is 1. The summed E-state index contributed by atoms with van der Waals surface area (Å²) in [7, 11) is 0. The minimum atomic E-state index is 0. The van der Waals surface area contributed by atoms with Gasteiger partial charge in [0.05, 0.1) is 0 Å². The maximum Gasteiger partial charge on any atom is 0.0358 e. The zero-order chi connectivity index (χ0) is 27.8. The Morgan fingerprint density at radius 2 is 1.23 bits per heavy atom. The van der Waals surface area contributed by atoms with E-state index in [1.54, 1.807) is 6.26 Å². The summed E-state index contributed by atoms with van der Waals surface area (Å²) in [5, 5.41) is 0. The predicted molar refractivity (Wildman–Crippen MR) is 196 cm³/mol. The van der Waals surface area contributed by atoms with Crippen LogP contribution >= 0.6 is 59.3 Å². The predicted octanol–water partition coefficient (Wildman–Crippen LogP) is 12.3. The molecule has 40 heavy (non-hydrogen) atoms. The lowest BCUT2D eigenvalue weighted by molar-refractivity contribution is 0.640. The molecule has 208 valence electrons. The summed E-state index contributed by atoms with van der Waals surface area (Å²) >= 11 is 7.32. The van der Waals surface area contributed by atoms with Gasteiger partial charge in [-0.15, -0.1) is 52.4 Å². The highest BCUT2D eigenvalue weighted by molar-refractivity contribution is 14.0. The van der Waals surface area contributed by atoms with Crippen molar-refractivity contribution in [1.29, 1.82) is 0 Å². The van der Waals surface area contributed by atoms with E-state index < -0.39 is 0 Å². The van der Waals surface area contributed by atoms with E-state index in [4.69, 9.17) is 0 Å². The highest BCUT2D eigenvalue weighted by Crippen LogP contribution is 2.47. The summed E-state index contributed by atoms with van der Waals surface area (Å²) in [6.07, 6.45) is 12.0. The Hall–Kier alpha value is -2.08. The lowest BCUT2D eigenvalue weighted by Gasteiger charge is -2.26. The van der Waals surface area contributed by atoms with Crippen LogP contribution in [0.15, 0.2) is 102 Å². The number of allylic oxidation sites excluding steroid dienone is 5. The van der Waals surface area contributed by atoms with Gasteiger partial charge in [0, 0.05) is 36.6 Å². The normalized spacial score (nSPS) is 14.2. The second-order valence-corrected chi connectivity index (χ2v) is 12.0. The molecule has 0 saturated carbocycles. The maximum atomic E-state index is 3.69. The molecule has 1 unspecified atom stereocenters. The topological polar surface area (TPSA) is 0 Å². The van der Waals surface area contributed by atoms with Crippen molar-refractivity contribution in [2.45, 2.75) is 47.0 Å². The van der Waals surface area contributed by atoms with Gasteiger partial charge < -0.3 is 0 Å². The molecule has 5 rings (SSSR count). The van der Waals surface area contributed by atoms with Crippen LogP contribution in [0, 0.1) is 19.8 Å². The van der Waals surface area contributed by atoms with E-state index in [0.29, 0.717) is 5.92 Å². The highest BCUT2D eigenvalue weighted by Gasteiger charge is 2.28. The van der Waals surface area contributed by atoms with Gasteiger partial charge in [0.25, 0.3) is 0 Å². The van der Waals surface area contributed by atoms with Crippen molar-refractivity contribution in [3.05, 3.63) is 123 Å². The molecular weight excluding hydrogens is 656 g/mol. The fraction of sp³-hybridized carbons (Fsp3) is 0.250. The first-order valence-corrected chi connectivity index (χ1v) is 16.2. The van der Waals surface area contributed by atoms with E-state index in [0.717, 1.165) is 6.42 Å². The smallest absolute Gasteiger partial charge is 0.0358 e. The molecule has 1 aliphatic rings. The average molecular weight is 695 g/mol. The number of aryl methyl sites for hydroxylation is 2. The molecule has 0 amide bonds. The Bertz CT molecular complexity index is 1500. The van der Waals surface area contributed by atoms with Crippen LogP contribution in [0.2, 0.25) is 0 Å². The minimum Gasteiger partial charge on any atom is -0.183 e. The van der Waals surface area contributed by atoms with Crippen LogP contribution in [-0.4, -0.2) is 6.26 Å².